The first kappa shape index (κ1) is 16.6. The van der Waals surface area contributed by atoms with Gasteiger partial charge in [0.1, 0.15) is 0 Å². The Morgan fingerprint density at radius 1 is 0.706 bits per heavy atom. The minimum atomic E-state index is 0. The number of thiophene rings is 1. The van der Waals surface area contributed by atoms with Crippen LogP contribution >= 0.6 is 11.3 Å². The molecule has 3 aromatic rings. The largest absolute Gasteiger partial charge is 0.143 e. The molecule has 3 rings (SSSR count). The van der Waals surface area contributed by atoms with Crippen LogP contribution in [0.15, 0.2) is 66.0 Å². The van der Waals surface area contributed by atoms with Gasteiger partial charge in [0, 0.05) is 5.38 Å². The Bertz CT molecular complexity index is 424. The van der Waals surface area contributed by atoms with Gasteiger partial charge < -0.3 is 0 Å². The maximum atomic E-state index is 2.90. The van der Waals surface area contributed by atoms with E-state index < -0.39 is 0 Å². The fourth-order valence-corrected chi connectivity index (χ4v) is 1.72. The predicted octanol–water partition coefficient (Wildman–Crippen LogP) is 3.09. The normalized spacial score (nSPS) is 8.24. The van der Waals surface area contributed by atoms with E-state index in [1.54, 1.807) is 11.3 Å². The van der Waals surface area contributed by atoms with Crippen LogP contribution in [-0.4, -0.2) is 37.7 Å². The Morgan fingerprint density at radius 2 is 1.18 bits per heavy atom. The van der Waals surface area contributed by atoms with Crippen molar-refractivity contribution in [3.8, 4) is 0 Å². The van der Waals surface area contributed by atoms with Gasteiger partial charge >= 0.3 is 37.7 Å². The van der Waals surface area contributed by atoms with Gasteiger partial charge in [0.15, 0.2) is 0 Å². The van der Waals surface area contributed by atoms with Crippen LogP contribution in [0.5, 0.6) is 0 Å². The van der Waals surface area contributed by atoms with Crippen molar-refractivity contribution in [1.82, 2.24) is 0 Å². The van der Waals surface area contributed by atoms with Gasteiger partial charge in [0.25, 0.3) is 0 Å². The van der Waals surface area contributed by atoms with Gasteiger partial charge in [0.2, 0.25) is 0 Å². The number of hydrogen-bond donors (Lipinski definition) is 0. The number of hydrogen-bond acceptors (Lipinski definition) is 1. The van der Waals surface area contributed by atoms with Crippen molar-refractivity contribution in [2.24, 2.45) is 0 Å². The van der Waals surface area contributed by atoms with E-state index in [0.717, 1.165) is 0 Å². The second kappa shape index (κ2) is 9.61. The smallest absolute Gasteiger partial charge is 0.0442 e. The van der Waals surface area contributed by atoms with E-state index in [-0.39, 0.29) is 37.7 Å². The molecule has 0 amide bonds. The van der Waals surface area contributed by atoms with Crippen LogP contribution in [0.2, 0.25) is 0 Å². The van der Waals surface area contributed by atoms with Crippen molar-refractivity contribution in [3.63, 3.8) is 0 Å². The molecule has 1 heterocycles. The summed E-state index contributed by atoms with van der Waals surface area (Å²) < 4.78 is 0. The summed E-state index contributed by atoms with van der Waals surface area (Å²) in [4.78, 5) is 0. The maximum Gasteiger partial charge on any atom is 0.0442 e. The average molecular weight is 227 g/mol. The van der Waals surface area contributed by atoms with Crippen LogP contribution in [-0.2, 0) is 0 Å². The SMILES string of the molecule is [LiH].[LiH].[c]1cccs1.c1ccc2ccccc2c1. The molecule has 0 spiro atoms. The molecule has 0 bridgehead atoms. The van der Waals surface area contributed by atoms with Crippen molar-refractivity contribution in [2.45, 2.75) is 0 Å². The second-order valence-electron chi connectivity index (χ2n) is 3.08. The number of fused-ring (bicyclic) bond motifs is 1. The van der Waals surface area contributed by atoms with Gasteiger partial charge in [0.05, 0.1) is 0 Å². The minimum Gasteiger partial charge on any atom is -0.143 e. The van der Waals surface area contributed by atoms with E-state index in [1.165, 1.54) is 10.8 Å². The number of benzene rings is 2. The van der Waals surface area contributed by atoms with Crippen molar-refractivity contribution >= 4 is 59.8 Å². The van der Waals surface area contributed by atoms with E-state index >= 15 is 0 Å². The molecular formula is C14H13Li2S. The van der Waals surface area contributed by atoms with Gasteiger partial charge in [-0.15, -0.1) is 11.3 Å². The molecule has 1 aromatic heterocycles. The molecular weight excluding hydrogens is 214 g/mol. The first-order valence-electron chi connectivity index (χ1n) is 4.80. The Kier molecular flexibility index (Phi) is 9.38. The second-order valence-corrected chi connectivity index (χ2v) is 3.82. The minimum absolute atomic E-state index is 0. The van der Waals surface area contributed by atoms with Gasteiger partial charge in [-0.25, -0.2) is 0 Å². The third-order valence-corrected chi connectivity index (χ3v) is 2.60. The molecule has 0 nitrogen and oxygen atoms in total. The zero-order valence-corrected chi connectivity index (χ0v) is 9.08. The average Bonchev–Trinajstić information content (AvgIpc) is 2.88. The van der Waals surface area contributed by atoms with Crippen LogP contribution in [0.25, 0.3) is 10.8 Å². The quantitative estimate of drug-likeness (QED) is 0.518. The zero-order chi connectivity index (χ0) is 10.3. The Balaban J connectivity index is 0.000000318. The molecule has 0 atom stereocenters. The summed E-state index contributed by atoms with van der Waals surface area (Å²) in [5.74, 6) is 0. The third kappa shape index (κ3) is 5.65. The fraction of sp³-hybridized carbons (Fsp3) is 0. The molecule has 0 aliphatic rings. The molecule has 77 valence electrons. The molecule has 0 saturated carbocycles. The summed E-state index contributed by atoms with van der Waals surface area (Å²) in [5, 5.41) is 7.51. The van der Waals surface area contributed by atoms with Crippen LogP contribution in [0.4, 0.5) is 0 Å². The topological polar surface area (TPSA) is 0 Å². The Morgan fingerprint density at radius 3 is 1.41 bits per heavy atom. The third-order valence-electron chi connectivity index (χ3n) is 2.04. The molecule has 0 aliphatic heterocycles. The van der Waals surface area contributed by atoms with Crippen molar-refractivity contribution in [2.75, 3.05) is 0 Å². The van der Waals surface area contributed by atoms with Crippen molar-refractivity contribution < 1.29 is 0 Å². The molecule has 2 aromatic carbocycles. The zero-order valence-electron chi connectivity index (χ0n) is 8.26. The van der Waals surface area contributed by atoms with E-state index in [2.05, 4.69) is 53.9 Å². The number of rotatable bonds is 0. The maximum absolute atomic E-state index is 2.90. The predicted molar refractivity (Wildman–Crippen MR) is 81.4 cm³/mol. The Labute approximate surface area is 130 Å². The van der Waals surface area contributed by atoms with Gasteiger partial charge in [-0.1, -0.05) is 54.6 Å². The molecule has 0 unspecified atom stereocenters. The fourth-order valence-electron chi connectivity index (χ4n) is 1.33. The van der Waals surface area contributed by atoms with E-state index in [1.807, 2.05) is 17.5 Å². The first-order valence-corrected chi connectivity index (χ1v) is 5.68. The van der Waals surface area contributed by atoms with Gasteiger partial charge in [-0.3, -0.25) is 0 Å². The van der Waals surface area contributed by atoms with Crippen LogP contribution < -0.4 is 0 Å². The summed E-state index contributed by atoms with van der Waals surface area (Å²) in [5.41, 5.74) is 0. The summed E-state index contributed by atoms with van der Waals surface area (Å²) in [6.07, 6.45) is 0. The molecule has 3 heteroatoms. The Hall–Kier alpha value is -0.405. The van der Waals surface area contributed by atoms with Gasteiger partial charge in [-0.2, -0.15) is 0 Å². The van der Waals surface area contributed by atoms with E-state index in [9.17, 15) is 0 Å². The summed E-state index contributed by atoms with van der Waals surface area (Å²) in [6.45, 7) is 0. The van der Waals surface area contributed by atoms with Crippen LogP contribution in [0.3, 0.4) is 0 Å². The molecule has 0 N–H and O–H groups in total. The summed E-state index contributed by atoms with van der Waals surface area (Å²) in [7, 11) is 0. The van der Waals surface area contributed by atoms with E-state index in [4.69, 9.17) is 0 Å². The van der Waals surface area contributed by atoms with E-state index in [0.29, 0.717) is 0 Å². The van der Waals surface area contributed by atoms with Crippen molar-refractivity contribution in [1.29, 1.82) is 0 Å². The molecule has 0 saturated heterocycles. The van der Waals surface area contributed by atoms with Gasteiger partial charge in [-0.05, 0) is 22.2 Å². The standard InChI is InChI=1S/C10H8.C4H3S.2Li.2H/c1-2-6-10-8-4-3-7-9(10)5-1;1-2-4-5-3-1;;;;/h1-8H;1-3H;;;;. The molecule has 17 heavy (non-hydrogen) atoms. The van der Waals surface area contributed by atoms with Crippen LogP contribution in [0, 0.1) is 5.38 Å². The van der Waals surface area contributed by atoms with Crippen molar-refractivity contribution in [3.05, 3.63) is 71.4 Å². The molecule has 0 fully saturated rings. The first-order chi connectivity index (χ1) is 7.47. The summed E-state index contributed by atoms with van der Waals surface area (Å²) in [6, 6.07) is 20.6. The molecule has 0 aliphatic carbocycles. The summed E-state index contributed by atoms with van der Waals surface area (Å²) >= 11 is 1.59. The molecule has 1 radical (unpaired) electrons. The monoisotopic (exact) mass is 227 g/mol. The van der Waals surface area contributed by atoms with Crippen LogP contribution in [0.1, 0.15) is 0 Å².